The van der Waals surface area contributed by atoms with E-state index in [1.165, 1.54) is 5.06 Å². The van der Waals surface area contributed by atoms with E-state index in [1.807, 2.05) is 13.8 Å². The van der Waals surface area contributed by atoms with E-state index in [1.54, 1.807) is 6.92 Å². The zero-order valence-electron chi connectivity index (χ0n) is 7.29. The Bertz CT molecular complexity index is 161. The van der Waals surface area contributed by atoms with E-state index in [2.05, 4.69) is 0 Å². The monoisotopic (exact) mass is 160 g/mol. The quantitative estimate of drug-likeness (QED) is 0.573. The number of nitrogens with zero attached hydrogens (tertiary/aromatic N) is 1. The molecular formula is C7H16N2O2. The molecule has 0 spiro atoms. The van der Waals surface area contributed by atoms with Crippen molar-refractivity contribution in [3.63, 3.8) is 0 Å². The smallest absolute Gasteiger partial charge is 0.153 e. The molecule has 1 atom stereocenters. The number of hydroxylamine groups is 2. The molecule has 0 radical (unpaired) electrons. The largest absolute Gasteiger partial charge is 0.355 e. The van der Waals surface area contributed by atoms with E-state index in [4.69, 9.17) is 10.5 Å². The van der Waals surface area contributed by atoms with Crippen molar-refractivity contribution in [2.24, 2.45) is 5.73 Å². The summed E-state index contributed by atoms with van der Waals surface area (Å²) in [5, 5.41) is 10.8. The van der Waals surface area contributed by atoms with Crippen LogP contribution in [0.25, 0.3) is 0 Å². The van der Waals surface area contributed by atoms with Gasteiger partial charge in [0.15, 0.2) is 5.72 Å². The Labute approximate surface area is 66.9 Å². The maximum atomic E-state index is 9.60. The van der Waals surface area contributed by atoms with Gasteiger partial charge in [-0.25, -0.2) is 0 Å². The Morgan fingerprint density at radius 2 is 2.09 bits per heavy atom. The summed E-state index contributed by atoms with van der Waals surface area (Å²) < 4.78 is 5.37. The van der Waals surface area contributed by atoms with Gasteiger partial charge in [0, 0.05) is 6.54 Å². The Kier molecular flexibility index (Phi) is 1.96. The second-order valence-corrected chi connectivity index (χ2v) is 3.79. The molecule has 66 valence electrons. The molecule has 4 nitrogen and oxygen atoms in total. The molecule has 1 aliphatic rings. The van der Waals surface area contributed by atoms with Crippen molar-refractivity contribution in [3.05, 3.63) is 0 Å². The van der Waals surface area contributed by atoms with Crippen molar-refractivity contribution < 1.29 is 9.94 Å². The molecule has 0 aromatic heterocycles. The third-order valence-corrected chi connectivity index (χ3v) is 2.14. The van der Waals surface area contributed by atoms with Crippen LogP contribution in [0.4, 0.5) is 0 Å². The third-order valence-electron chi connectivity index (χ3n) is 2.14. The highest BCUT2D eigenvalue weighted by molar-refractivity contribution is 4.91. The van der Waals surface area contributed by atoms with Gasteiger partial charge in [-0.2, -0.15) is 5.06 Å². The van der Waals surface area contributed by atoms with Gasteiger partial charge in [-0.1, -0.05) is 0 Å². The van der Waals surface area contributed by atoms with Gasteiger partial charge in [-0.05, 0) is 20.8 Å². The van der Waals surface area contributed by atoms with E-state index >= 15 is 0 Å². The summed E-state index contributed by atoms with van der Waals surface area (Å²) in [5.74, 6) is 0. The van der Waals surface area contributed by atoms with Crippen LogP contribution in [-0.2, 0) is 4.74 Å². The number of ether oxygens (including phenoxy) is 1. The summed E-state index contributed by atoms with van der Waals surface area (Å²) in [4.78, 5) is 0. The second-order valence-electron chi connectivity index (χ2n) is 3.79. The van der Waals surface area contributed by atoms with Crippen molar-refractivity contribution in [2.45, 2.75) is 32.0 Å². The van der Waals surface area contributed by atoms with Crippen molar-refractivity contribution in [3.8, 4) is 0 Å². The molecule has 0 aromatic carbocycles. The standard InChI is InChI=1S/C7H16N2O2/c1-6(2)5-11-7(3,4-8)9(6)10/h10H,4-5,8H2,1-3H3/t7-/m0/s1. The summed E-state index contributed by atoms with van der Waals surface area (Å²) in [5.41, 5.74) is 4.42. The maximum absolute atomic E-state index is 9.60. The maximum Gasteiger partial charge on any atom is 0.153 e. The first-order valence-electron chi connectivity index (χ1n) is 3.76. The van der Waals surface area contributed by atoms with Crippen LogP contribution in [0.5, 0.6) is 0 Å². The summed E-state index contributed by atoms with van der Waals surface area (Å²) in [6.07, 6.45) is 0. The lowest BCUT2D eigenvalue weighted by molar-refractivity contribution is -0.237. The minimum atomic E-state index is -0.705. The van der Waals surface area contributed by atoms with Gasteiger partial charge in [0.05, 0.1) is 12.1 Å². The molecule has 0 unspecified atom stereocenters. The summed E-state index contributed by atoms with van der Waals surface area (Å²) >= 11 is 0. The van der Waals surface area contributed by atoms with Gasteiger partial charge in [0.2, 0.25) is 0 Å². The van der Waals surface area contributed by atoms with Crippen molar-refractivity contribution in [1.82, 2.24) is 5.06 Å². The molecule has 3 N–H and O–H groups in total. The molecule has 1 aliphatic heterocycles. The summed E-state index contributed by atoms with van der Waals surface area (Å²) in [7, 11) is 0. The van der Waals surface area contributed by atoms with Gasteiger partial charge in [-0.3, -0.25) is 0 Å². The highest BCUT2D eigenvalue weighted by Crippen LogP contribution is 2.31. The lowest BCUT2D eigenvalue weighted by atomic mass is 10.1. The number of nitrogens with two attached hydrogens (primary N) is 1. The lowest BCUT2D eigenvalue weighted by Gasteiger charge is -2.33. The molecule has 0 aromatic rings. The van der Waals surface area contributed by atoms with E-state index in [-0.39, 0.29) is 5.54 Å². The van der Waals surface area contributed by atoms with Crippen LogP contribution >= 0.6 is 0 Å². The topological polar surface area (TPSA) is 58.7 Å². The molecule has 0 amide bonds. The number of hydrogen-bond acceptors (Lipinski definition) is 4. The molecule has 1 fully saturated rings. The Morgan fingerprint density at radius 1 is 1.55 bits per heavy atom. The second kappa shape index (κ2) is 2.42. The molecule has 0 aliphatic carbocycles. The lowest BCUT2D eigenvalue weighted by Crippen LogP contribution is -2.52. The first-order chi connectivity index (χ1) is 4.92. The normalized spacial score (nSPS) is 37.9. The van der Waals surface area contributed by atoms with Crippen LogP contribution in [0.3, 0.4) is 0 Å². The number of hydrogen-bond donors (Lipinski definition) is 2. The summed E-state index contributed by atoms with van der Waals surface area (Å²) in [6.45, 7) is 6.41. The third kappa shape index (κ3) is 1.27. The van der Waals surface area contributed by atoms with Gasteiger partial charge in [0.25, 0.3) is 0 Å². The Balaban J connectivity index is 2.78. The van der Waals surface area contributed by atoms with E-state index < -0.39 is 5.72 Å². The van der Waals surface area contributed by atoms with Crippen LogP contribution in [-0.4, -0.2) is 34.7 Å². The van der Waals surface area contributed by atoms with E-state index in [0.29, 0.717) is 13.2 Å². The minimum absolute atomic E-state index is 0.299. The molecule has 0 bridgehead atoms. The van der Waals surface area contributed by atoms with Crippen LogP contribution < -0.4 is 5.73 Å². The first kappa shape index (κ1) is 8.93. The minimum Gasteiger partial charge on any atom is -0.355 e. The van der Waals surface area contributed by atoms with Crippen LogP contribution in [0.1, 0.15) is 20.8 Å². The first-order valence-corrected chi connectivity index (χ1v) is 3.76. The van der Waals surface area contributed by atoms with Crippen molar-refractivity contribution in [1.29, 1.82) is 0 Å². The molecule has 1 heterocycles. The van der Waals surface area contributed by atoms with Gasteiger partial charge in [-0.15, -0.1) is 0 Å². The molecular weight excluding hydrogens is 144 g/mol. The predicted octanol–water partition coefficient (Wildman–Crippen LogP) is 0.161. The van der Waals surface area contributed by atoms with Gasteiger partial charge >= 0.3 is 0 Å². The fourth-order valence-electron chi connectivity index (χ4n) is 1.24. The highest BCUT2D eigenvalue weighted by Gasteiger charge is 2.47. The molecule has 4 heteroatoms. The van der Waals surface area contributed by atoms with Crippen LogP contribution in [0.15, 0.2) is 0 Å². The van der Waals surface area contributed by atoms with E-state index in [9.17, 15) is 5.21 Å². The molecule has 1 saturated heterocycles. The van der Waals surface area contributed by atoms with Crippen molar-refractivity contribution in [2.75, 3.05) is 13.2 Å². The van der Waals surface area contributed by atoms with Crippen LogP contribution in [0, 0.1) is 0 Å². The van der Waals surface area contributed by atoms with Gasteiger partial charge in [0.1, 0.15) is 0 Å². The molecule has 0 saturated carbocycles. The highest BCUT2D eigenvalue weighted by atomic mass is 16.6. The van der Waals surface area contributed by atoms with Crippen LogP contribution in [0.2, 0.25) is 0 Å². The Morgan fingerprint density at radius 3 is 2.27 bits per heavy atom. The average Bonchev–Trinajstić information content (AvgIpc) is 2.16. The zero-order chi connectivity index (χ0) is 8.70. The predicted molar refractivity (Wildman–Crippen MR) is 41.1 cm³/mol. The summed E-state index contributed by atoms with van der Waals surface area (Å²) in [6, 6.07) is 0. The SMILES string of the molecule is CC1(C)CO[C@@](C)(CN)N1O. The average molecular weight is 160 g/mol. The Hall–Kier alpha value is -0.160. The van der Waals surface area contributed by atoms with Crippen molar-refractivity contribution >= 4 is 0 Å². The fourth-order valence-corrected chi connectivity index (χ4v) is 1.24. The van der Waals surface area contributed by atoms with E-state index in [0.717, 1.165) is 0 Å². The zero-order valence-corrected chi connectivity index (χ0v) is 7.29. The fraction of sp³-hybridized carbons (Fsp3) is 1.00. The molecule has 1 rings (SSSR count). The number of rotatable bonds is 1. The van der Waals surface area contributed by atoms with Gasteiger partial charge < -0.3 is 15.7 Å². The molecule has 11 heavy (non-hydrogen) atoms.